The Labute approximate surface area is 127 Å². The van der Waals surface area contributed by atoms with Crippen molar-refractivity contribution in [3.05, 3.63) is 28.5 Å². The van der Waals surface area contributed by atoms with Crippen molar-refractivity contribution in [2.45, 2.75) is 26.3 Å². The van der Waals surface area contributed by atoms with Crippen LogP contribution in [0.3, 0.4) is 0 Å². The molecule has 0 atom stereocenters. The summed E-state index contributed by atoms with van der Waals surface area (Å²) in [6.07, 6.45) is 0. The third-order valence-electron chi connectivity index (χ3n) is 2.82. The maximum absolute atomic E-state index is 5.97. The van der Waals surface area contributed by atoms with Crippen LogP contribution in [0, 0.1) is 5.92 Å². The topological polar surface area (TPSA) is 27.1 Å². The third kappa shape index (κ3) is 3.71. The minimum Gasteiger partial charge on any atom is -0.379 e. The fourth-order valence-corrected chi connectivity index (χ4v) is 2.53. The Bertz CT molecular complexity index is 554. The van der Waals surface area contributed by atoms with Crippen molar-refractivity contribution >= 4 is 38.6 Å². The van der Waals surface area contributed by atoms with Crippen LogP contribution in [-0.2, 0) is 17.2 Å². The molecule has 0 N–H and O–H groups in total. The number of hydrogen-bond donors (Lipinski definition) is 0. The lowest BCUT2D eigenvalue weighted by Gasteiger charge is -2.10. The third-order valence-corrected chi connectivity index (χ3v) is 3.55. The molecule has 2 rings (SSSR count). The van der Waals surface area contributed by atoms with Gasteiger partial charge in [-0.15, -0.1) is 11.6 Å². The summed E-state index contributed by atoms with van der Waals surface area (Å²) < 4.78 is 8.80. The fraction of sp³-hybridized carbons (Fsp3) is 0.500. The van der Waals surface area contributed by atoms with E-state index in [0.717, 1.165) is 34.5 Å². The predicted octanol–water partition coefficient (Wildman–Crippen LogP) is 4.21. The first-order valence-electron chi connectivity index (χ1n) is 6.40. The summed E-state index contributed by atoms with van der Waals surface area (Å²) in [7, 11) is 0. The molecular formula is C14H18BrClN2O. The Hall–Kier alpha value is -0.580. The number of benzene rings is 1. The molecule has 1 aromatic carbocycles. The van der Waals surface area contributed by atoms with E-state index in [-0.39, 0.29) is 0 Å². The summed E-state index contributed by atoms with van der Waals surface area (Å²) >= 11 is 9.43. The zero-order valence-corrected chi connectivity index (χ0v) is 13.5. The van der Waals surface area contributed by atoms with Gasteiger partial charge in [0, 0.05) is 17.6 Å². The van der Waals surface area contributed by atoms with E-state index in [1.54, 1.807) is 0 Å². The molecule has 3 nitrogen and oxygen atoms in total. The molecule has 1 heterocycles. The van der Waals surface area contributed by atoms with Gasteiger partial charge >= 0.3 is 0 Å². The summed E-state index contributed by atoms with van der Waals surface area (Å²) in [4.78, 5) is 4.55. The van der Waals surface area contributed by atoms with E-state index < -0.39 is 0 Å². The SMILES string of the molecule is CC(C)COCCn1c(CCl)nc2cc(Br)ccc21. The monoisotopic (exact) mass is 344 g/mol. The zero-order valence-electron chi connectivity index (χ0n) is 11.2. The van der Waals surface area contributed by atoms with E-state index in [9.17, 15) is 0 Å². The maximum Gasteiger partial charge on any atom is 0.124 e. The van der Waals surface area contributed by atoms with Gasteiger partial charge in [0.1, 0.15) is 5.82 Å². The van der Waals surface area contributed by atoms with Crippen LogP contribution in [0.5, 0.6) is 0 Å². The van der Waals surface area contributed by atoms with Gasteiger partial charge in [0.2, 0.25) is 0 Å². The van der Waals surface area contributed by atoms with Gasteiger partial charge in [0.05, 0.1) is 23.5 Å². The Morgan fingerprint density at radius 3 is 2.89 bits per heavy atom. The molecule has 0 aliphatic rings. The van der Waals surface area contributed by atoms with Crippen molar-refractivity contribution in [3.63, 3.8) is 0 Å². The van der Waals surface area contributed by atoms with Gasteiger partial charge in [-0.3, -0.25) is 0 Å². The first-order chi connectivity index (χ1) is 9.11. The van der Waals surface area contributed by atoms with Crippen molar-refractivity contribution in [2.24, 2.45) is 5.92 Å². The number of ether oxygens (including phenoxy) is 1. The molecule has 104 valence electrons. The molecule has 5 heteroatoms. The predicted molar refractivity (Wildman–Crippen MR) is 82.6 cm³/mol. The smallest absolute Gasteiger partial charge is 0.124 e. The van der Waals surface area contributed by atoms with Crippen molar-refractivity contribution in [1.29, 1.82) is 0 Å². The standard InChI is InChI=1S/C14H18BrClN2O/c1-10(2)9-19-6-5-18-13-4-3-11(15)7-12(13)17-14(18)8-16/h3-4,7,10H,5-6,8-9H2,1-2H3. The molecule has 0 saturated carbocycles. The van der Waals surface area contributed by atoms with E-state index in [2.05, 4.69) is 45.4 Å². The Kier molecular flexibility index (Phi) is 5.25. The minimum atomic E-state index is 0.413. The second-order valence-corrected chi connectivity index (χ2v) is 6.10. The van der Waals surface area contributed by atoms with Crippen LogP contribution >= 0.6 is 27.5 Å². The lowest BCUT2D eigenvalue weighted by Crippen LogP contribution is -2.11. The molecule has 0 spiro atoms. The van der Waals surface area contributed by atoms with Gasteiger partial charge in [0.15, 0.2) is 0 Å². The lowest BCUT2D eigenvalue weighted by atomic mass is 10.2. The quantitative estimate of drug-likeness (QED) is 0.579. The van der Waals surface area contributed by atoms with Gasteiger partial charge in [-0.05, 0) is 24.1 Å². The van der Waals surface area contributed by atoms with E-state index in [1.807, 2.05) is 12.1 Å². The number of rotatable bonds is 6. The molecule has 0 saturated heterocycles. The summed E-state index contributed by atoms with van der Waals surface area (Å²) in [5.74, 6) is 1.86. The lowest BCUT2D eigenvalue weighted by molar-refractivity contribution is 0.103. The molecular weight excluding hydrogens is 328 g/mol. The molecule has 0 fully saturated rings. The van der Waals surface area contributed by atoms with E-state index in [0.29, 0.717) is 18.4 Å². The number of imidazole rings is 1. The number of alkyl halides is 1. The van der Waals surface area contributed by atoms with Crippen LogP contribution in [0.1, 0.15) is 19.7 Å². The van der Waals surface area contributed by atoms with Crippen molar-refractivity contribution in [3.8, 4) is 0 Å². The molecule has 0 aliphatic heterocycles. The summed E-state index contributed by atoms with van der Waals surface area (Å²) in [5.41, 5.74) is 2.07. The maximum atomic E-state index is 5.97. The van der Waals surface area contributed by atoms with Crippen LogP contribution in [0.25, 0.3) is 11.0 Å². The molecule has 0 amide bonds. The first kappa shape index (κ1) is 14.8. The second-order valence-electron chi connectivity index (χ2n) is 4.92. The van der Waals surface area contributed by atoms with Gasteiger partial charge in [-0.1, -0.05) is 29.8 Å². The van der Waals surface area contributed by atoms with Crippen LogP contribution in [-0.4, -0.2) is 22.8 Å². The largest absolute Gasteiger partial charge is 0.379 e. The van der Waals surface area contributed by atoms with Gasteiger partial charge in [-0.25, -0.2) is 4.98 Å². The highest BCUT2D eigenvalue weighted by atomic mass is 79.9. The highest BCUT2D eigenvalue weighted by Crippen LogP contribution is 2.21. The van der Waals surface area contributed by atoms with Crippen LogP contribution in [0.2, 0.25) is 0 Å². The van der Waals surface area contributed by atoms with Crippen molar-refractivity contribution < 1.29 is 4.74 Å². The summed E-state index contributed by atoms with van der Waals surface area (Å²) in [6.45, 7) is 6.55. The Morgan fingerprint density at radius 2 is 2.21 bits per heavy atom. The number of halogens is 2. The van der Waals surface area contributed by atoms with E-state index in [4.69, 9.17) is 16.3 Å². The molecule has 1 aromatic heterocycles. The van der Waals surface area contributed by atoms with Gasteiger partial charge < -0.3 is 9.30 Å². The fourth-order valence-electron chi connectivity index (χ4n) is 1.98. The zero-order chi connectivity index (χ0) is 13.8. The van der Waals surface area contributed by atoms with E-state index >= 15 is 0 Å². The van der Waals surface area contributed by atoms with Crippen molar-refractivity contribution in [1.82, 2.24) is 9.55 Å². The number of aromatic nitrogens is 2. The van der Waals surface area contributed by atoms with Crippen molar-refractivity contribution in [2.75, 3.05) is 13.2 Å². The molecule has 0 bridgehead atoms. The second kappa shape index (κ2) is 6.73. The molecule has 2 aromatic rings. The Balaban J connectivity index is 2.16. The van der Waals surface area contributed by atoms with Crippen LogP contribution in [0.15, 0.2) is 22.7 Å². The van der Waals surface area contributed by atoms with Crippen LogP contribution < -0.4 is 0 Å². The molecule has 0 aliphatic carbocycles. The Morgan fingerprint density at radius 1 is 1.42 bits per heavy atom. The highest BCUT2D eigenvalue weighted by molar-refractivity contribution is 9.10. The first-order valence-corrected chi connectivity index (χ1v) is 7.73. The number of nitrogens with zero attached hydrogens (tertiary/aromatic N) is 2. The minimum absolute atomic E-state index is 0.413. The number of hydrogen-bond acceptors (Lipinski definition) is 2. The normalized spacial score (nSPS) is 11.6. The summed E-state index contributed by atoms with van der Waals surface area (Å²) in [5, 5.41) is 0. The van der Waals surface area contributed by atoms with Gasteiger partial charge in [-0.2, -0.15) is 0 Å². The molecule has 19 heavy (non-hydrogen) atoms. The average molecular weight is 346 g/mol. The van der Waals surface area contributed by atoms with Crippen LogP contribution in [0.4, 0.5) is 0 Å². The molecule has 0 radical (unpaired) electrons. The summed E-state index contributed by atoms with van der Waals surface area (Å²) in [6, 6.07) is 6.09. The molecule has 0 unspecified atom stereocenters. The van der Waals surface area contributed by atoms with Gasteiger partial charge in [0.25, 0.3) is 0 Å². The average Bonchev–Trinajstić information content (AvgIpc) is 2.71. The number of fused-ring (bicyclic) bond motifs is 1. The van der Waals surface area contributed by atoms with E-state index in [1.165, 1.54) is 0 Å². The highest BCUT2D eigenvalue weighted by Gasteiger charge is 2.10.